The van der Waals surface area contributed by atoms with Gasteiger partial charge in [0.1, 0.15) is 12.1 Å². The molecule has 3 rings (SSSR count). The van der Waals surface area contributed by atoms with Crippen molar-refractivity contribution in [1.82, 2.24) is 9.97 Å². The zero-order chi connectivity index (χ0) is 14.7. The first-order valence-electron chi connectivity index (χ1n) is 7.24. The van der Waals surface area contributed by atoms with Crippen molar-refractivity contribution in [2.75, 3.05) is 5.32 Å². The summed E-state index contributed by atoms with van der Waals surface area (Å²) in [5.74, 6) is -0.836. The van der Waals surface area contributed by atoms with Gasteiger partial charge in [0.2, 0.25) is 0 Å². The van der Waals surface area contributed by atoms with Crippen molar-refractivity contribution in [3.8, 4) is 0 Å². The van der Waals surface area contributed by atoms with Gasteiger partial charge >= 0.3 is 0 Å². The topological polar surface area (TPSA) is 37.8 Å². The van der Waals surface area contributed by atoms with Crippen molar-refractivity contribution in [3.05, 3.63) is 53.0 Å². The van der Waals surface area contributed by atoms with Crippen molar-refractivity contribution >= 4 is 5.82 Å². The zero-order valence-corrected chi connectivity index (χ0v) is 11.7. The molecule has 1 aliphatic carbocycles. The third-order valence-electron chi connectivity index (χ3n) is 3.82. The van der Waals surface area contributed by atoms with Crippen LogP contribution in [0.25, 0.3) is 0 Å². The number of halogens is 2. The van der Waals surface area contributed by atoms with Gasteiger partial charge in [0.05, 0.1) is 0 Å². The average molecular weight is 289 g/mol. The smallest absolute Gasteiger partial charge is 0.159 e. The first-order valence-corrected chi connectivity index (χ1v) is 7.24. The van der Waals surface area contributed by atoms with Gasteiger partial charge in [-0.1, -0.05) is 12.5 Å². The lowest BCUT2D eigenvalue weighted by atomic mass is 10.1. The normalized spacial score (nSPS) is 14.4. The second-order valence-corrected chi connectivity index (χ2v) is 5.31. The van der Waals surface area contributed by atoms with Crippen LogP contribution in [0.15, 0.2) is 24.5 Å². The van der Waals surface area contributed by atoms with Crippen LogP contribution in [-0.2, 0) is 19.4 Å². The van der Waals surface area contributed by atoms with Crippen molar-refractivity contribution in [2.45, 2.75) is 38.6 Å². The number of nitrogens with one attached hydrogen (secondary N) is 1. The number of fused-ring (bicyclic) bond motifs is 1. The molecule has 1 heterocycles. The van der Waals surface area contributed by atoms with Crippen LogP contribution in [0, 0.1) is 11.6 Å². The van der Waals surface area contributed by atoms with E-state index in [0.717, 1.165) is 48.8 Å². The molecule has 0 saturated carbocycles. The third-order valence-corrected chi connectivity index (χ3v) is 3.82. The van der Waals surface area contributed by atoms with Crippen LogP contribution in [0.5, 0.6) is 0 Å². The Morgan fingerprint density at radius 3 is 2.71 bits per heavy atom. The Morgan fingerprint density at radius 1 is 1.00 bits per heavy atom. The lowest BCUT2D eigenvalue weighted by Gasteiger charge is -2.12. The Kier molecular flexibility index (Phi) is 4.08. The molecule has 0 unspecified atom stereocenters. The number of benzene rings is 1. The van der Waals surface area contributed by atoms with Gasteiger partial charge < -0.3 is 5.32 Å². The molecule has 0 spiro atoms. The quantitative estimate of drug-likeness (QED) is 0.877. The maximum atomic E-state index is 13.2. The molecule has 1 aromatic carbocycles. The summed E-state index contributed by atoms with van der Waals surface area (Å²) in [6, 6.07) is 3.93. The Hall–Kier alpha value is -2.04. The van der Waals surface area contributed by atoms with Crippen LogP contribution in [0.4, 0.5) is 14.6 Å². The summed E-state index contributed by atoms with van der Waals surface area (Å²) in [5, 5.41) is 3.22. The Morgan fingerprint density at radius 2 is 1.86 bits per heavy atom. The van der Waals surface area contributed by atoms with E-state index in [2.05, 4.69) is 15.3 Å². The second-order valence-electron chi connectivity index (χ2n) is 5.31. The summed E-state index contributed by atoms with van der Waals surface area (Å²) in [4.78, 5) is 8.66. The van der Waals surface area contributed by atoms with Crippen LogP contribution in [-0.4, -0.2) is 9.97 Å². The minimum Gasteiger partial charge on any atom is -0.366 e. The minimum absolute atomic E-state index is 0.417. The predicted octanol–water partition coefficient (Wildman–Crippen LogP) is 3.64. The van der Waals surface area contributed by atoms with E-state index in [-0.39, 0.29) is 0 Å². The summed E-state index contributed by atoms with van der Waals surface area (Å²) in [7, 11) is 0. The molecule has 3 nitrogen and oxygen atoms in total. The first kappa shape index (κ1) is 13.9. The molecular weight excluding hydrogens is 272 g/mol. The highest BCUT2D eigenvalue weighted by Crippen LogP contribution is 2.24. The Bertz CT molecular complexity index is 643. The molecule has 0 atom stereocenters. The SMILES string of the molecule is Fc1ccc(CNc2ncnc3c2CCCCC3)cc1F. The van der Waals surface area contributed by atoms with Crippen LogP contribution >= 0.6 is 0 Å². The summed E-state index contributed by atoms with van der Waals surface area (Å²) >= 11 is 0. The lowest BCUT2D eigenvalue weighted by Crippen LogP contribution is -2.08. The first-order chi connectivity index (χ1) is 10.2. The maximum Gasteiger partial charge on any atom is 0.159 e. The van der Waals surface area contributed by atoms with Gasteiger partial charge in [-0.2, -0.15) is 0 Å². The van der Waals surface area contributed by atoms with Crippen LogP contribution in [0.2, 0.25) is 0 Å². The van der Waals surface area contributed by atoms with E-state index in [9.17, 15) is 8.78 Å². The van der Waals surface area contributed by atoms with Gasteiger partial charge in [0.15, 0.2) is 11.6 Å². The van der Waals surface area contributed by atoms with Crippen LogP contribution in [0.1, 0.15) is 36.1 Å². The molecule has 5 heteroatoms. The van der Waals surface area contributed by atoms with Crippen molar-refractivity contribution in [1.29, 1.82) is 0 Å². The second kappa shape index (κ2) is 6.16. The van der Waals surface area contributed by atoms with Crippen molar-refractivity contribution in [2.24, 2.45) is 0 Å². The molecule has 0 amide bonds. The summed E-state index contributed by atoms with van der Waals surface area (Å²) in [6.45, 7) is 0.417. The number of hydrogen-bond acceptors (Lipinski definition) is 3. The van der Waals surface area contributed by atoms with Gasteiger partial charge in [0, 0.05) is 17.8 Å². The molecule has 0 fully saturated rings. The van der Waals surface area contributed by atoms with E-state index in [1.54, 1.807) is 12.4 Å². The Balaban J connectivity index is 1.77. The van der Waals surface area contributed by atoms with Gasteiger partial charge in [-0.3, -0.25) is 0 Å². The highest BCUT2D eigenvalue weighted by Gasteiger charge is 2.14. The monoisotopic (exact) mass is 289 g/mol. The number of aromatic nitrogens is 2. The number of rotatable bonds is 3. The summed E-state index contributed by atoms with van der Waals surface area (Å²) in [6.07, 6.45) is 7.03. The number of aryl methyl sites for hydroxylation is 1. The van der Waals surface area contributed by atoms with E-state index in [4.69, 9.17) is 0 Å². The fraction of sp³-hybridized carbons (Fsp3) is 0.375. The molecule has 110 valence electrons. The molecule has 21 heavy (non-hydrogen) atoms. The van der Waals surface area contributed by atoms with E-state index in [0.29, 0.717) is 12.1 Å². The maximum absolute atomic E-state index is 13.2. The van der Waals surface area contributed by atoms with Gasteiger partial charge in [0.25, 0.3) is 0 Å². The molecular formula is C16H17F2N3. The van der Waals surface area contributed by atoms with Crippen molar-refractivity contribution in [3.63, 3.8) is 0 Å². The van der Waals surface area contributed by atoms with Crippen molar-refractivity contribution < 1.29 is 8.78 Å². The fourth-order valence-electron chi connectivity index (χ4n) is 2.69. The standard InChI is InChI=1S/C16H17F2N3/c17-13-7-6-11(8-14(13)18)9-19-16-12-4-2-1-3-5-15(12)20-10-21-16/h6-8,10H,1-5,9H2,(H,19,20,21). The molecule has 1 aromatic heterocycles. The predicted molar refractivity (Wildman–Crippen MR) is 77.0 cm³/mol. The molecule has 0 radical (unpaired) electrons. The number of nitrogens with zero attached hydrogens (tertiary/aromatic N) is 2. The summed E-state index contributed by atoms with van der Waals surface area (Å²) < 4.78 is 26.1. The van der Waals surface area contributed by atoms with Crippen LogP contribution < -0.4 is 5.32 Å². The minimum atomic E-state index is -0.824. The molecule has 0 bridgehead atoms. The van der Waals surface area contributed by atoms with Gasteiger partial charge in [-0.25, -0.2) is 18.7 Å². The third kappa shape index (κ3) is 3.17. The Labute approximate surface area is 122 Å². The highest BCUT2D eigenvalue weighted by molar-refractivity contribution is 5.47. The van der Waals surface area contributed by atoms with E-state index >= 15 is 0 Å². The largest absolute Gasteiger partial charge is 0.366 e. The fourth-order valence-corrected chi connectivity index (χ4v) is 2.69. The molecule has 2 aromatic rings. The highest BCUT2D eigenvalue weighted by atomic mass is 19.2. The van der Waals surface area contributed by atoms with E-state index in [1.165, 1.54) is 12.5 Å². The average Bonchev–Trinajstić information content (AvgIpc) is 2.74. The van der Waals surface area contributed by atoms with Gasteiger partial charge in [-0.15, -0.1) is 0 Å². The van der Waals surface area contributed by atoms with E-state index in [1.807, 2.05) is 0 Å². The summed E-state index contributed by atoms with van der Waals surface area (Å²) in [5.41, 5.74) is 2.96. The zero-order valence-electron chi connectivity index (χ0n) is 11.7. The van der Waals surface area contributed by atoms with Gasteiger partial charge in [-0.05, 0) is 43.4 Å². The number of anilines is 1. The molecule has 1 N–H and O–H groups in total. The number of hydrogen-bond donors (Lipinski definition) is 1. The molecule has 1 aliphatic rings. The molecule has 0 saturated heterocycles. The van der Waals surface area contributed by atoms with Crippen LogP contribution in [0.3, 0.4) is 0 Å². The molecule has 0 aliphatic heterocycles. The lowest BCUT2D eigenvalue weighted by molar-refractivity contribution is 0.507. The van der Waals surface area contributed by atoms with E-state index < -0.39 is 11.6 Å².